The first-order chi connectivity index (χ1) is 10.7. The van der Waals surface area contributed by atoms with Crippen molar-refractivity contribution < 1.29 is 5.11 Å². The SMILES string of the molecule is Cn1cc(-c2nc(-c3cc(CO)[nH]n3)cn3nccc23)cn1. The average molecular weight is 295 g/mol. The molecule has 4 aromatic rings. The zero-order valence-corrected chi connectivity index (χ0v) is 11.8. The van der Waals surface area contributed by atoms with Crippen LogP contribution in [0.3, 0.4) is 0 Å². The molecule has 0 aliphatic carbocycles. The summed E-state index contributed by atoms with van der Waals surface area (Å²) < 4.78 is 3.49. The number of hydrogen-bond acceptors (Lipinski definition) is 5. The van der Waals surface area contributed by atoms with Crippen molar-refractivity contribution in [3.8, 4) is 22.6 Å². The Morgan fingerprint density at radius 2 is 2.14 bits per heavy atom. The van der Waals surface area contributed by atoms with Gasteiger partial charge in [0.15, 0.2) is 0 Å². The molecule has 0 fully saturated rings. The molecule has 0 aromatic carbocycles. The molecular formula is C14H13N7O. The standard InChI is InChI=1S/C14H13N7O/c1-20-6-9(5-16-20)14-13-2-3-15-21(13)7-12(17-14)11-4-10(8-22)18-19-11/h2-7,22H,8H2,1H3,(H,18,19). The van der Waals surface area contributed by atoms with Crippen LogP contribution in [0, 0.1) is 0 Å². The van der Waals surface area contributed by atoms with Crippen LogP contribution in [0.5, 0.6) is 0 Å². The summed E-state index contributed by atoms with van der Waals surface area (Å²) in [6.45, 7) is -0.0908. The molecule has 0 aliphatic rings. The van der Waals surface area contributed by atoms with E-state index in [1.165, 1.54) is 0 Å². The summed E-state index contributed by atoms with van der Waals surface area (Å²) >= 11 is 0. The Kier molecular flexibility index (Phi) is 2.76. The van der Waals surface area contributed by atoms with E-state index in [9.17, 15) is 0 Å². The van der Waals surface area contributed by atoms with Crippen molar-refractivity contribution in [1.29, 1.82) is 0 Å². The van der Waals surface area contributed by atoms with Gasteiger partial charge < -0.3 is 5.11 Å². The number of aryl methyl sites for hydroxylation is 1. The Labute approximate surface area is 125 Å². The Bertz CT molecular complexity index is 949. The molecule has 0 spiro atoms. The highest BCUT2D eigenvalue weighted by atomic mass is 16.3. The van der Waals surface area contributed by atoms with Gasteiger partial charge in [-0.1, -0.05) is 0 Å². The van der Waals surface area contributed by atoms with Gasteiger partial charge in [0.1, 0.15) is 11.4 Å². The minimum Gasteiger partial charge on any atom is -0.390 e. The van der Waals surface area contributed by atoms with Crippen molar-refractivity contribution in [2.24, 2.45) is 7.05 Å². The highest BCUT2D eigenvalue weighted by Crippen LogP contribution is 2.25. The van der Waals surface area contributed by atoms with Gasteiger partial charge in [-0.3, -0.25) is 9.78 Å². The van der Waals surface area contributed by atoms with Crippen LogP contribution >= 0.6 is 0 Å². The van der Waals surface area contributed by atoms with E-state index in [0.29, 0.717) is 17.1 Å². The molecule has 8 heteroatoms. The molecule has 4 aromatic heterocycles. The minimum absolute atomic E-state index is 0.0908. The molecule has 0 saturated heterocycles. The lowest BCUT2D eigenvalue weighted by Gasteiger charge is -2.04. The van der Waals surface area contributed by atoms with Gasteiger partial charge in [-0.25, -0.2) is 9.50 Å². The molecule has 0 aliphatic heterocycles. The molecule has 22 heavy (non-hydrogen) atoms. The van der Waals surface area contributed by atoms with Gasteiger partial charge in [-0.05, 0) is 12.1 Å². The molecule has 0 amide bonds. The van der Waals surface area contributed by atoms with Crippen molar-refractivity contribution in [3.05, 3.63) is 42.6 Å². The van der Waals surface area contributed by atoms with Gasteiger partial charge >= 0.3 is 0 Å². The second-order valence-corrected chi connectivity index (χ2v) is 4.97. The Balaban J connectivity index is 1.93. The summed E-state index contributed by atoms with van der Waals surface area (Å²) in [7, 11) is 1.86. The number of fused-ring (bicyclic) bond motifs is 1. The summed E-state index contributed by atoms with van der Waals surface area (Å²) in [5.41, 5.74) is 4.57. The predicted molar refractivity (Wildman–Crippen MR) is 78.7 cm³/mol. The summed E-state index contributed by atoms with van der Waals surface area (Å²) in [5, 5.41) is 24.6. The van der Waals surface area contributed by atoms with E-state index >= 15 is 0 Å². The van der Waals surface area contributed by atoms with E-state index in [1.54, 1.807) is 27.7 Å². The van der Waals surface area contributed by atoms with Gasteiger partial charge in [0, 0.05) is 18.8 Å². The Morgan fingerprint density at radius 1 is 1.23 bits per heavy atom. The van der Waals surface area contributed by atoms with E-state index < -0.39 is 0 Å². The zero-order valence-electron chi connectivity index (χ0n) is 11.8. The highest BCUT2D eigenvalue weighted by molar-refractivity contribution is 5.77. The fourth-order valence-electron chi connectivity index (χ4n) is 2.38. The largest absolute Gasteiger partial charge is 0.390 e. The maximum atomic E-state index is 9.15. The molecule has 0 radical (unpaired) electrons. The summed E-state index contributed by atoms with van der Waals surface area (Å²) in [6.07, 6.45) is 7.21. The van der Waals surface area contributed by atoms with Crippen LogP contribution < -0.4 is 0 Å². The molecule has 4 heterocycles. The summed E-state index contributed by atoms with van der Waals surface area (Å²) in [5.74, 6) is 0. The third-order valence-electron chi connectivity index (χ3n) is 3.43. The predicted octanol–water partition coefficient (Wildman–Crippen LogP) is 1.01. The number of aliphatic hydroxyl groups excluding tert-OH is 1. The molecule has 0 saturated carbocycles. The number of rotatable bonds is 3. The Morgan fingerprint density at radius 3 is 2.86 bits per heavy atom. The first kappa shape index (κ1) is 12.7. The van der Waals surface area contributed by atoms with Crippen LogP contribution in [-0.2, 0) is 13.7 Å². The van der Waals surface area contributed by atoms with Crippen LogP contribution in [0.2, 0.25) is 0 Å². The molecular weight excluding hydrogens is 282 g/mol. The van der Waals surface area contributed by atoms with Gasteiger partial charge in [0.25, 0.3) is 0 Å². The maximum Gasteiger partial charge on any atom is 0.112 e. The Hall–Kier alpha value is -3.00. The molecule has 4 rings (SSSR count). The second kappa shape index (κ2) is 4.78. The lowest BCUT2D eigenvalue weighted by atomic mass is 10.2. The van der Waals surface area contributed by atoms with E-state index in [-0.39, 0.29) is 6.61 Å². The normalized spacial score (nSPS) is 11.4. The number of nitrogens with zero attached hydrogens (tertiary/aromatic N) is 6. The lowest BCUT2D eigenvalue weighted by molar-refractivity contribution is 0.276. The smallest absolute Gasteiger partial charge is 0.112 e. The molecule has 2 N–H and O–H groups in total. The number of aliphatic hydroxyl groups is 1. The number of H-pyrrole nitrogens is 1. The topological polar surface area (TPSA) is 96.9 Å². The average Bonchev–Trinajstić information content (AvgIpc) is 3.25. The van der Waals surface area contributed by atoms with Crippen LogP contribution in [0.25, 0.3) is 28.2 Å². The molecule has 8 nitrogen and oxygen atoms in total. The van der Waals surface area contributed by atoms with E-state index in [0.717, 1.165) is 16.8 Å². The third-order valence-corrected chi connectivity index (χ3v) is 3.43. The maximum absolute atomic E-state index is 9.15. The van der Waals surface area contributed by atoms with Crippen molar-refractivity contribution in [2.45, 2.75) is 6.61 Å². The van der Waals surface area contributed by atoms with Crippen molar-refractivity contribution in [1.82, 2.24) is 34.6 Å². The first-order valence-corrected chi connectivity index (χ1v) is 6.73. The van der Waals surface area contributed by atoms with Crippen molar-refractivity contribution in [2.75, 3.05) is 0 Å². The zero-order chi connectivity index (χ0) is 15.1. The van der Waals surface area contributed by atoms with Crippen LogP contribution in [-0.4, -0.2) is 39.7 Å². The monoisotopic (exact) mass is 295 g/mol. The minimum atomic E-state index is -0.0908. The number of hydrogen-bond donors (Lipinski definition) is 2. The first-order valence-electron chi connectivity index (χ1n) is 6.73. The van der Waals surface area contributed by atoms with Crippen LogP contribution in [0.15, 0.2) is 36.9 Å². The molecule has 0 atom stereocenters. The van der Waals surface area contributed by atoms with E-state index in [1.807, 2.05) is 25.5 Å². The quantitative estimate of drug-likeness (QED) is 0.588. The van der Waals surface area contributed by atoms with Gasteiger partial charge in [-0.15, -0.1) is 0 Å². The number of aromatic nitrogens is 7. The fourth-order valence-corrected chi connectivity index (χ4v) is 2.38. The summed E-state index contributed by atoms with van der Waals surface area (Å²) in [6, 6.07) is 3.67. The van der Waals surface area contributed by atoms with Gasteiger partial charge in [0.05, 0.1) is 42.1 Å². The summed E-state index contributed by atoms with van der Waals surface area (Å²) in [4.78, 5) is 4.70. The van der Waals surface area contributed by atoms with Crippen LogP contribution in [0.1, 0.15) is 5.69 Å². The molecule has 0 unspecified atom stereocenters. The number of nitrogens with one attached hydrogen (secondary N) is 1. The molecule has 110 valence electrons. The highest BCUT2D eigenvalue weighted by Gasteiger charge is 2.13. The fraction of sp³-hybridized carbons (Fsp3) is 0.143. The van der Waals surface area contributed by atoms with Gasteiger partial charge in [-0.2, -0.15) is 15.3 Å². The number of aromatic amines is 1. The van der Waals surface area contributed by atoms with Crippen LogP contribution in [0.4, 0.5) is 0 Å². The molecule has 0 bridgehead atoms. The van der Waals surface area contributed by atoms with E-state index in [2.05, 4.69) is 20.4 Å². The van der Waals surface area contributed by atoms with Crippen molar-refractivity contribution in [3.63, 3.8) is 0 Å². The van der Waals surface area contributed by atoms with Crippen molar-refractivity contribution >= 4 is 5.52 Å². The second-order valence-electron chi connectivity index (χ2n) is 4.97. The lowest BCUT2D eigenvalue weighted by Crippen LogP contribution is -1.96. The third kappa shape index (κ3) is 1.97. The van der Waals surface area contributed by atoms with E-state index in [4.69, 9.17) is 10.1 Å². The van der Waals surface area contributed by atoms with Gasteiger partial charge in [0.2, 0.25) is 0 Å².